The van der Waals surface area contributed by atoms with Gasteiger partial charge in [0.1, 0.15) is 5.75 Å². The molecule has 0 saturated carbocycles. The van der Waals surface area contributed by atoms with Crippen LogP contribution >= 0.6 is 11.6 Å². The molecule has 1 unspecified atom stereocenters. The van der Waals surface area contributed by atoms with Gasteiger partial charge in [0.05, 0.1) is 18.2 Å². The molecule has 0 aromatic heterocycles. The van der Waals surface area contributed by atoms with Crippen LogP contribution in [0, 0.1) is 5.92 Å². The number of nitrogens with zero attached hydrogens (tertiary/aromatic N) is 2. The highest BCUT2D eigenvalue weighted by Crippen LogP contribution is 2.24. The molecule has 1 fully saturated rings. The Labute approximate surface area is 125 Å². The molecule has 1 atom stereocenters. The third-order valence-electron chi connectivity index (χ3n) is 3.46. The Morgan fingerprint density at radius 2 is 2.25 bits per heavy atom. The summed E-state index contributed by atoms with van der Waals surface area (Å²) in [5.74, 6) is 0.667. The molecule has 1 aromatic carbocycles. The zero-order valence-electron chi connectivity index (χ0n) is 12.2. The summed E-state index contributed by atoms with van der Waals surface area (Å²) in [5, 5.41) is 9.88. The first kappa shape index (κ1) is 15.6. The van der Waals surface area contributed by atoms with Gasteiger partial charge in [-0.2, -0.15) is 0 Å². The number of halogens is 1. The molecule has 1 aromatic rings. The van der Waals surface area contributed by atoms with Gasteiger partial charge in [-0.15, -0.1) is 0 Å². The molecule has 0 bridgehead atoms. The lowest BCUT2D eigenvalue weighted by Crippen LogP contribution is -2.34. The fourth-order valence-electron chi connectivity index (χ4n) is 2.63. The average molecular weight is 299 g/mol. The Hall–Kier alpha value is -0.810. The highest BCUT2D eigenvalue weighted by atomic mass is 35.5. The predicted molar refractivity (Wildman–Crippen MR) is 81.3 cm³/mol. The van der Waals surface area contributed by atoms with Crippen molar-refractivity contribution >= 4 is 11.6 Å². The SMILES string of the molecule is CN(C)CC1COCCN(Cc2ccc(O)c(Cl)c2)C1. The third-order valence-corrected chi connectivity index (χ3v) is 3.77. The first-order valence-electron chi connectivity index (χ1n) is 6.97. The smallest absolute Gasteiger partial charge is 0.134 e. The molecule has 5 heteroatoms. The summed E-state index contributed by atoms with van der Waals surface area (Å²) in [6.07, 6.45) is 0. The first-order chi connectivity index (χ1) is 9.54. The van der Waals surface area contributed by atoms with Gasteiger partial charge in [-0.25, -0.2) is 0 Å². The second-order valence-electron chi connectivity index (χ2n) is 5.72. The molecule has 1 heterocycles. The minimum absolute atomic E-state index is 0.139. The van der Waals surface area contributed by atoms with Gasteiger partial charge in [0.15, 0.2) is 0 Å². The summed E-state index contributed by atoms with van der Waals surface area (Å²) in [4.78, 5) is 4.60. The van der Waals surface area contributed by atoms with E-state index in [9.17, 15) is 5.11 Å². The monoisotopic (exact) mass is 298 g/mol. The lowest BCUT2D eigenvalue weighted by molar-refractivity contribution is 0.112. The molecule has 0 aliphatic carbocycles. The number of ether oxygens (including phenoxy) is 1. The lowest BCUT2D eigenvalue weighted by Gasteiger charge is -2.25. The number of phenolic OH excluding ortho intramolecular Hbond substituents is 1. The van der Waals surface area contributed by atoms with Gasteiger partial charge in [-0.05, 0) is 31.8 Å². The van der Waals surface area contributed by atoms with E-state index in [0.29, 0.717) is 10.9 Å². The van der Waals surface area contributed by atoms with Crippen LogP contribution in [0.15, 0.2) is 18.2 Å². The van der Waals surface area contributed by atoms with E-state index >= 15 is 0 Å². The van der Waals surface area contributed by atoms with Crippen molar-refractivity contribution in [3.8, 4) is 5.75 Å². The Morgan fingerprint density at radius 3 is 2.95 bits per heavy atom. The molecule has 1 N–H and O–H groups in total. The summed E-state index contributed by atoms with van der Waals surface area (Å²) in [5.41, 5.74) is 1.12. The molecule has 1 saturated heterocycles. The Balaban J connectivity index is 1.97. The van der Waals surface area contributed by atoms with Crippen LogP contribution in [-0.2, 0) is 11.3 Å². The second kappa shape index (κ2) is 7.27. The van der Waals surface area contributed by atoms with E-state index in [1.807, 2.05) is 12.1 Å². The van der Waals surface area contributed by atoms with E-state index in [2.05, 4.69) is 23.9 Å². The molecule has 0 spiro atoms. The predicted octanol–water partition coefficient (Wildman–Crippen LogP) is 2.06. The Kier molecular flexibility index (Phi) is 5.66. The summed E-state index contributed by atoms with van der Waals surface area (Å²) in [6, 6.07) is 5.42. The number of benzene rings is 1. The molecule has 1 aliphatic rings. The van der Waals surface area contributed by atoms with Crippen molar-refractivity contribution in [2.45, 2.75) is 6.54 Å². The fourth-order valence-corrected chi connectivity index (χ4v) is 2.83. The van der Waals surface area contributed by atoms with Crippen molar-refractivity contribution in [3.63, 3.8) is 0 Å². The largest absolute Gasteiger partial charge is 0.506 e. The van der Waals surface area contributed by atoms with Crippen LogP contribution in [0.4, 0.5) is 0 Å². The van der Waals surface area contributed by atoms with Gasteiger partial charge in [0, 0.05) is 32.1 Å². The van der Waals surface area contributed by atoms with E-state index in [0.717, 1.165) is 45.0 Å². The van der Waals surface area contributed by atoms with E-state index in [1.54, 1.807) is 6.07 Å². The quantitative estimate of drug-likeness (QED) is 0.923. The van der Waals surface area contributed by atoms with Gasteiger partial charge < -0.3 is 14.7 Å². The molecule has 0 amide bonds. The summed E-state index contributed by atoms with van der Waals surface area (Å²) in [7, 11) is 4.18. The summed E-state index contributed by atoms with van der Waals surface area (Å²) >= 11 is 5.96. The van der Waals surface area contributed by atoms with Crippen molar-refractivity contribution in [1.29, 1.82) is 0 Å². The standard InChI is InChI=1S/C15H23ClN2O2/c1-17(2)8-13-10-18(5-6-20-11-13)9-12-3-4-15(19)14(16)7-12/h3-4,7,13,19H,5-6,8-11H2,1-2H3. The maximum Gasteiger partial charge on any atom is 0.134 e. The van der Waals surface area contributed by atoms with E-state index in [4.69, 9.17) is 16.3 Å². The fraction of sp³-hybridized carbons (Fsp3) is 0.600. The van der Waals surface area contributed by atoms with Crippen LogP contribution in [0.2, 0.25) is 5.02 Å². The molecular formula is C15H23ClN2O2. The van der Waals surface area contributed by atoms with Gasteiger partial charge in [0.25, 0.3) is 0 Å². The number of aromatic hydroxyl groups is 1. The van der Waals surface area contributed by atoms with Crippen LogP contribution in [-0.4, -0.2) is 61.8 Å². The normalized spacial score (nSPS) is 21.1. The molecular weight excluding hydrogens is 276 g/mol. The Bertz CT molecular complexity index is 440. The highest BCUT2D eigenvalue weighted by Gasteiger charge is 2.19. The van der Waals surface area contributed by atoms with E-state index in [1.165, 1.54) is 0 Å². The van der Waals surface area contributed by atoms with Gasteiger partial charge in [0.2, 0.25) is 0 Å². The molecule has 1 aliphatic heterocycles. The van der Waals surface area contributed by atoms with E-state index < -0.39 is 0 Å². The van der Waals surface area contributed by atoms with Gasteiger partial charge in [-0.3, -0.25) is 4.90 Å². The maximum atomic E-state index is 9.46. The average Bonchev–Trinajstić information content (AvgIpc) is 2.58. The number of hydrogen-bond donors (Lipinski definition) is 1. The van der Waals surface area contributed by atoms with Crippen molar-refractivity contribution in [1.82, 2.24) is 9.80 Å². The number of phenols is 1. The Morgan fingerprint density at radius 1 is 1.45 bits per heavy atom. The maximum absolute atomic E-state index is 9.46. The van der Waals surface area contributed by atoms with E-state index in [-0.39, 0.29) is 5.75 Å². The zero-order chi connectivity index (χ0) is 14.5. The van der Waals surface area contributed by atoms with Gasteiger partial charge in [-0.1, -0.05) is 17.7 Å². The molecule has 4 nitrogen and oxygen atoms in total. The van der Waals surface area contributed by atoms with Crippen LogP contribution in [0.25, 0.3) is 0 Å². The molecule has 112 valence electrons. The van der Waals surface area contributed by atoms with Crippen LogP contribution in [0.5, 0.6) is 5.75 Å². The summed E-state index contributed by atoms with van der Waals surface area (Å²) in [6.45, 7) is 5.43. The minimum atomic E-state index is 0.139. The van der Waals surface area contributed by atoms with Crippen molar-refractivity contribution in [2.24, 2.45) is 5.92 Å². The number of rotatable bonds is 4. The first-order valence-corrected chi connectivity index (χ1v) is 7.34. The minimum Gasteiger partial charge on any atom is -0.506 e. The van der Waals surface area contributed by atoms with Crippen molar-refractivity contribution < 1.29 is 9.84 Å². The van der Waals surface area contributed by atoms with Crippen molar-refractivity contribution in [2.75, 3.05) is 46.9 Å². The van der Waals surface area contributed by atoms with Crippen LogP contribution in [0.1, 0.15) is 5.56 Å². The lowest BCUT2D eigenvalue weighted by atomic mass is 10.1. The van der Waals surface area contributed by atoms with Crippen LogP contribution in [0.3, 0.4) is 0 Å². The molecule has 0 radical (unpaired) electrons. The number of hydrogen-bond acceptors (Lipinski definition) is 4. The summed E-state index contributed by atoms with van der Waals surface area (Å²) < 4.78 is 5.68. The zero-order valence-corrected chi connectivity index (χ0v) is 12.9. The van der Waals surface area contributed by atoms with Crippen molar-refractivity contribution in [3.05, 3.63) is 28.8 Å². The topological polar surface area (TPSA) is 35.9 Å². The molecule has 2 rings (SSSR count). The second-order valence-corrected chi connectivity index (χ2v) is 6.13. The highest BCUT2D eigenvalue weighted by molar-refractivity contribution is 6.32. The van der Waals surface area contributed by atoms with Crippen LogP contribution < -0.4 is 0 Å². The third kappa shape index (κ3) is 4.63. The van der Waals surface area contributed by atoms with Gasteiger partial charge >= 0.3 is 0 Å². The molecule has 20 heavy (non-hydrogen) atoms.